The number of hydrogen-bond acceptors (Lipinski definition) is 4. The molecule has 0 radical (unpaired) electrons. The van der Waals surface area contributed by atoms with Gasteiger partial charge in [-0.3, -0.25) is 4.79 Å². The maximum absolute atomic E-state index is 12.7. The first kappa shape index (κ1) is 20.6. The summed E-state index contributed by atoms with van der Waals surface area (Å²) in [4.78, 5) is 12.7. The number of nitrogens with one attached hydrogen (secondary N) is 1. The van der Waals surface area contributed by atoms with Crippen LogP contribution in [0.25, 0.3) is 16.8 Å². The van der Waals surface area contributed by atoms with Crippen LogP contribution in [0.2, 0.25) is 0 Å². The van der Waals surface area contributed by atoms with Crippen molar-refractivity contribution in [1.29, 1.82) is 5.26 Å². The SMILES string of the molecule is N#C/C(=C/c1c(OCc2ccccc2)ccc2ccccc12)C(=O)NC[C@@H]1CCCO1. The lowest BCUT2D eigenvalue weighted by molar-refractivity contribution is -0.117. The highest BCUT2D eigenvalue weighted by atomic mass is 16.5. The van der Waals surface area contributed by atoms with Gasteiger partial charge in [0.15, 0.2) is 0 Å². The molecule has 0 bridgehead atoms. The molecule has 0 aromatic heterocycles. The Kier molecular flexibility index (Phi) is 6.61. The topological polar surface area (TPSA) is 71.3 Å². The van der Waals surface area contributed by atoms with E-state index in [4.69, 9.17) is 9.47 Å². The minimum Gasteiger partial charge on any atom is -0.488 e. The van der Waals surface area contributed by atoms with Crippen molar-refractivity contribution in [2.75, 3.05) is 13.2 Å². The minimum atomic E-state index is -0.403. The molecule has 0 spiro atoms. The number of nitrogens with zero attached hydrogens (tertiary/aromatic N) is 1. The van der Waals surface area contributed by atoms with Crippen molar-refractivity contribution < 1.29 is 14.3 Å². The number of rotatable bonds is 7. The van der Waals surface area contributed by atoms with Gasteiger partial charge in [-0.1, -0.05) is 60.7 Å². The van der Waals surface area contributed by atoms with Crippen molar-refractivity contribution in [3.05, 3.63) is 83.4 Å². The van der Waals surface area contributed by atoms with Crippen molar-refractivity contribution >= 4 is 22.8 Å². The van der Waals surface area contributed by atoms with Gasteiger partial charge in [-0.15, -0.1) is 0 Å². The van der Waals surface area contributed by atoms with Crippen molar-refractivity contribution in [3.8, 4) is 11.8 Å². The Hall–Kier alpha value is -3.62. The van der Waals surface area contributed by atoms with E-state index in [1.165, 1.54) is 0 Å². The molecule has 0 saturated carbocycles. The molecule has 1 amide bonds. The van der Waals surface area contributed by atoms with E-state index in [1.54, 1.807) is 6.08 Å². The van der Waals surface area contributed by atoms with E-state index < -0.39 is 5.91 Å². The Bertz CT molecular complexity index is 1130. The monoisotopic (exact) mass is 412 g/mol. The number of ether oxygens (including phenoxy) is 2. The summed E-state index contributed by atoms with van der Waals surface area (Å²) in [6.07, 6.45) is 3.56. The first-order valence-corrected chi connectivity index (χ1v) is 10.4. The van der Waals surface area contributed by atoms with Gasteiger partial charge < -0.3 is 14.8 Å². The van der Waals surface area contributed by atoms with Gasteiger partial charge in [0.1, 0.15) is 24.0 Å². The zero-order chi connectivity index (χ0) is 21.5. The lowest BCUT2D eigenvalue weighted by Gasteiger charge is -2.13. The van der Waals surface area contributed by atoms with Crippen LogP contribution in [0.4, 0.5) is 0 Å². The van der Waals surface area contributed by atoms with Crippen LogP contribution in [-0.4, -0.2) is 25.2 Å². The summed E-state index contributed by atoms with van der Waals surface area (Å²) in [6.45, 7) is 1.53. The highest BCUT2D eigenvalue weighted by Crippen LogP contribution is 2.31. The van der Waals surface area contributed by atoms with E-state index in [1.807, 2.05) is 72.8 Å². The third-order valence-electron chi connectivity index (χ3n) is 5.34. The normalized spacial score (nSPS) is 16.1. The van der Waals surface area contributed by atoms with Crippen LogP contribution in [0.1, 0.15) is 24.0 Å². The standard InChI is InChI=1S/C26H24N2O3/c27-16-21(26(29)28-17-22-10-6-14-30-22)15-24-23-11-5-4-9-20(23)12-13-25(24)31-18-19-7-2-1-3-8-19/h1-5,7-9,11-13,15,22H,6,10,14,17-18H2,(H,28,29)/b21-15-/t22-/m0/s1. The first-order chi connectivity index (χ1) is 15.2. The molecule has 1 heterocycles. The fourth-order valence-electron chi connectivity index (χ4n) is 3.69. The molecule has 1 aliphatic rings. The number of carbonyl (C=O) groups is 1. The summed E-state index contributed by atoms with van der Waals surface area (Å²) in [7, 11) is 0. The van der Waals surface area contributed by atoms with E-state index >= 15 is 0 Å². The summed E-state index contributed by atoms with van der Waals surface area (Å²) < 4.78 is 11.6. The Morgan fingerprint density at radius 2 is 1.94 bits per heavy atom. The van der Waals surface area contributed by atoms with Gasteiger partial charge >= 0.3 is 0 Å². The van der Waals surface area contributed by atoms with Crippen LogP contribution in [0, 0.1) is 11.3 Å². The molecule has 3 aromatic carbocycles. The molecular formula is C26H24N2O3. The average Bonchev–Trinajstić information content (AvgIpc) is 3.34. The van der Waals surface area contributed by atoms with Crippen LogP contribution in [0.5, 0.6) is 5.75 Å². The summed E-state index contributed by atoms with van der Waals surface area (Å²) in [5, 5.41) is 14.4. The Balaban J connectivity index is 1.62. The summed E-state index contributed by atoms with van der Waals surface area (Å²) in [6, 6.07) is 23.7. The number of carbonyl (C=O) groups excluding carboxylic acids is 1. The lowest BCUT2D eigenvalue weighted by atomic mass is 10.0. The molecule has 0 aliphatic carbocycles. The third kappa shape index (κ3) is 5.11. The van der Waals surface area contributed by atoms with E-state index in [0.717, 1.165) is 41.3 Å². The number of amides is 1. The Morgan fingerprint density at radius 3 is 2.71 bits per heavy atom. The second-order valence-electron chi connectivity index (χ2n) is 7.49. The maximum atomic E-state index is 12.7. The molecule has 156 valence electrons. The van der Waals surface area contributed by atoms with Gasteiger partial charge in [-0.05, 0) is 41.3 Å². The zero-order valence-electron chi connectivity index (χ0n) is 17.2. The Morgan fingerprint density at radius 1 is 1.13 bits per heavy atom. The van der Waals surface area contributed by atoms with Gasteiger partial charge in [0.2, 0.25) is 0 Å². The van der Waals surface area contributed by atoms with Crippen molar-refractivity contribution in [3.63, 3.8) is 0 Å². The largest absolute Gasteiger partial charge is 0.488 e. The molecule has 3 aromatic rings. The fourth-order valence-corrected chi connectivity index (χ4v) is 3.69. The van der Waals surface area contributed by atoms with Crippen LogP contribution in [-0.2, 0) is 16.1 Å². The second-order valence-corrected chi connectivity index (χ2v) is 7.49. The van der Waals surface area contributed by atoms with Crippen LogP contribution >= 0.6 is 0 Å². The van der Waals surface area contributed by atoms with Crippen LogP contribution in [0.15, 0.2) is 72.3 Å². The highest BCUT2D eigenvalue weighted by Gasteiger charge is 2.18. The van der Waals surface area contributed by atoms with Gasteiger partial charge in [-0.25, -0.2) is 0 Å². The predicted octanol–water partition coefficient (Wildman–Crippen LogP) is 4.62. The van der Waals surface area contributed by atoms with E-state index in [0.29, 0.717) is 18.9 Å². The molecule has 0 unspecified atom stereocenters. The van der Waals surface area contributed by atoms with Gasteiger partial charge in [-0.2, -0.15) is 5.26 Å². The summed E-state index contributed by atoms with van der Waals surface area (Å²) >= 11 is 0. The molecule has 5 heteroatoms. The van der Waals surface area contributed by atoms with Crippen LogP contribution in [0.3, 0.4) is 0 Å². The van der Waals surface area contributed by atoms with Gasteiger partial charge in [0, 0.05) is 18.7 Å². The average molecular weight is 412 g/mol. The fraction of sp³-hybridized carbons (Fsp3) is 0.231. The van der Waals surface area contributed by atoms with Gasteiger partial charge in [0.05, 0.1) is 6.10 Å². The number of nitriles is 1. The second kappa shape index (κ2) is 9.92. The number of fused-ring (bicyclic) bond motifs is 1. The number of benzene rings is 3. The first-order valence-electron chi connectivity index (χ1n) is 10.4. The minimum absolute atomic E-state index is 0.0196. The Labute approximate surface area is 181 Å². The quantitative estimate of drug-likeness (QED) is 0.454. The van der Waals surface area contributed by atoms with Crippen molar-refractivity contribution in [2.24, 2.45) is 0 Å². The highest BCUT2D eigenvalue weighted by molar-refractivity contribution is 6.05. The molecule has 1 aliphatic heterocycles. The van der Waals surface area contributed by atoms with E-state index in [9.17, 15) is 10.1 Å². The molecule has 5 nitrogen and oxygen atoms in total. The molecule has 1 fully saturated rings. The number of hydrogen-bond donors (Lipinski definition) is 1. The molecule has 31 heavy (non-hydrogen) atoms. The zero-order valence-corrected chi connectivity index (χ0v) is 17.2. The third-order valence-corrected chi connectivity index (χ3v) is 5.34. The predicted molar refractivity (Wildman–Crippen MR) is 120 cm³/mol. The lowest BCUT2D eigenvalue weighted by Crippen LogP contribution is -2.32. The molecule has 4 rings (SSSR count). The molecule has 1 atom stereocenters. The van der Waals surface area contributed by atoms with Crippen molar-refractivity contribution in [1.82, 2.24) is 5.32 Å². The molecule has 1 N–H and O–H groups in total. The smallest absolute Gasteiger partial charge is 0.262 e. The summed E-state index contributed by atoms with van der Waals surface area (Å²) in [5.41, 5.74) is 1.80. The maximum Gasteiger partial charge on any atom is 0.262 e. The van der Waals surface area contributed by atoms with E-state index in [2.05, 4.69) is 5.32 Å². The van der Waals surface area contributed by atoms with Crippen LogP contribution < -0.4 is 10.1 Å². The molecular weight excluding hydrogens is 388 g/mol. The van der Waals surface area contributed by atoms with Gasteiger partial charge in [0.25, 0.3) is 5.91 Å². The summed E-state index contributed by atoms with van der Waals surface area (Å²) in [5.74, 6) is 0.224. The molecule has 1 saturated heterocycles. The van der Waals surface area contributed by atoms with E-state index in [-0.39, 0.29) is 11.7 Å². The van der Waals surface area contributed by atoms with Crippen molar-refractivity contribution in [2.45, 2.75) is 25.6 Å².